The zero-order valence-corrected chi connectivity index (χ0v) is 15.3. The third-order valence-electron chi connectivity index (χ3n) is 4.69. The second-order valence-electron chi connectivity index (χ2n) is 7.90. The van der Waals surface area contributed by atoms with E-state index in [-0.39, 0.29) is 11.8 Å². The fourth-order valence-corrected chi connectivity index (χ4v) is 3.05. The van der Waals surface area contributed by atoms with Gasteiger partial charge in [-0.1, -0.05) is 51.1 Å². The summed E-state index contributed by atoms with van der Waals surface area (Å²) in [6, 6.07) is 10.1. The molecule has 1 heterocycles. The summed E-state index contributed by atoms with van der Waals surface area (Å²) >= 11 is 0. The van der Waals surface area contributed by atoms with Gasteiger partial charge in [-0.05, 0) is 37.7 Å². The lowest BCUT2D eigenvalue weighted by molar-refractivity contribution is -0.139. The highest BCUT2D eigenvalue weighted by Crippen LogP contribution is 2.22. The van der Waals surface area contributed by atoms with E-state index < -0.39 is 11.5 Å². The monoisotopic (exact) mass is 330 g/mol. The maximum atomic E-state index is 12.5. The number of piperidine rings is 1. The molecule has 1 aliphatic heterocycles. The predicted octanol–water partition coefficient (Wildman–Crippen LogP) is 3.02. The van der Waals surface area contributed by atoms with Crippen molar-refractivity contribution in [3.8, 4) is 0 Å². The van der Waals surface area contributed by atoms with Crippen molar-refractivity contribution in [3.05, 3.63) is 35.9 Å². The van der Waals surface area contributed by atoms with Crippen LogP contribution >= 0.6 is 0 Å². The fraction of sp³-hybridized carbons (Fsp3) is 0.600. The van der Waals surface area contributed by atoms with Gasteiger partial charge in [0.25, 0.3) is 0 Å². The zero-order valence-electron chi connectivity index (χ0n) is 15.3. The van der Waals surface area contributed by atoms with E-state index in [1.165, 1.54) is 5.56 Å². The molecule has 1 saturated heterocycles. The van der Waals surface area contributed by atoms with Crippen LogP contribution in [0, 0.1) is 11.3 Å². The molecule has 1 aromatic carbocycles. The number of amides is 2. The van der Waals surface area contributed by atoms with Gasteiger partial charge >= 0.3 is 0 Å². The molecule has 0 spiro atoms. The highest BCUT2D eigenvalue weighted by atomic mass is 16.2. The molecular formula is C20H30N2O2. The zero-order chi connectivity index (χ0) is 17.7. The van der Waals surface area contributed by atoms with Gasteiger partial charge in [0.15, 0.2) is 0 Å². The van der Waals surface area contributed by atoms with E-state index in [0.29, 0.717) is 5.92 Å². The van der Waals surface area contributed by atoms with Crippen molar-refractivity contribution in [3.63, 3.8) is 0 Å². The van der Waals surface area contributed by atoms with Crippen LogP contribution in [0.15, 0.2) is 30.3 Å². The van der Waals surface area contributed by atoms with Crippen molar-refractivity contribution in [2.45, 2.75) is 53.0 Å². The first-order valence-corrected chi connectivity index (χ1v) is 8.91. The number of nitrogens with one attached hydrogen (secondary N) is 1. The van der Waals surface area contributed by atoms with Gasteiger partial charge in [0.2, 0.25) is 11.8 Å². The number of likely N-dealkylation sites (tertiary alicyclic amines) is 1. The van der Waals surface area contributed by atoms with Crippen LogP contribution in [-0.4, -0.2) is 35.8 Å². The van der Waals surface area contributed by atoms with Crippen molar-refractivity contribution in [1.29, 1.82) is 0 Å². The van der Waals surface area contributed by atoms with Crippen molar-refractivity contribution in [2.24, 2.45) is 11.3 Å². The highest BCUT2D eigenvalue weighted by Gasteiger charge is 2.29. The predicted molar refractivity (Wildman–Crippen MR) is 96.5 cm³/mol. The SMILES string of the molecule is C[C@H](NC(=O)C(C)(C)C)C(=O)N1CCC(Cc2ccccc2)CC1. The molecule has 4 heteroatoms. The van der Waals surface area contributed by atoms with Crippen LogP contribution < -0.4 is 5.32 Å². The molecular weight excluding hydrogens is 300 g/mol. The molecule has 0 aliphatic carbocycles. The first-order valence-electron chi connectivity index (χ1n) is 8.91. The van der Waals surface area contributed by atoms with E-state index >= 15 is 0 Å². The normalized spacial score (nSPS) is 17.4. The lowest BCUT2D eigenvalue weighted by Crippen LogP contribution is -2.51. The van der Waals surface area contributed by atoms with Crippen LogP contribution in [0.2, 0.25) is 0 Å². The van der Waals surface area contributed by atoms with E-state index in [4.69, 9.17) is 0 Å². The number of benzene rings is 1. The van der Waals surface area contributed by atoms with Crippen LogP contribution in [0.1, 0.15) is 46.1 Å². The topological polar surface area (TPSA) is 49.4 Å². The number of carbonyl (C=O) groups is 2. The molecule has 0 aromatic heterocycles. The van der Waals surface area contributed by atoms with Gasteiger partial charge in [-0.15, -0.1) is 0 Å². The minimum absolute atomic E-state index is 0.0331. The Morgan fingerprint density at radius 2 is 1.75 bits per heavy atom. The molecule has 0 unspecified atom stereocenters. The summed E-state index contributed by atoms with van der Waals surface area (Å²) < 4.78 is 0. The number of nitrogens with zero attached hydrogens (tertiary/aromatic N) is 1. The van der Waals surface area contributed by atoms with Crippen molar-refractivity contribution in [1.82, 2.24) is 10.2 Å². The molecule has 1 aromatic rings. The average Bonchev–Trinajstić information content (AvgIpc) is 2.55. The van der Waals surface area contributed by atoms with Gasteiger partial charge in [-0.25, -0.2) is 0 Å². The van der Waals surface area contributed by atoms with Gasteiger partial charge in [0, 0.05) is 18.5 Å². The molecule has 24 heavy (non-hydrogen) atoms. The van der Waals surface area contributed by atoms with Crippen LogP contribution in [-0.2, 0) is 16.0 Å². The van der Waals surface area contributed by atoms with E-state index in [0.717, 1.165) is 32.4 Å². The quantitative estimate of drug-likeness (QED) is 0.922. The minimum Gasteiger partial charge on any atom is -0.344 e. The van der Waals surface area contributed by atoms with E-state index in [1.807, 2.05) is 31.7 Å². The standard InChI is InChI=1S/C20H30N2O2/c1-15(21-19(24)20(2,3)4)18(23)22-12-10-17(11-13-22)14-16-8-6-5-7-9-16/h5-9,15,17H,10-14H2,1-4H3,(H,21,24)/t15-/m0/s1. The highest BCUT2D eigenvalue weighted by molar-refractivity contribution is 5.89. The summed E-state index contributed by atoms with van der Waals surface area (Å²) in [5.74, 6) is 0.587. The molecule has 0 saturated carbocycles. The van der Waals surface area contributed by atoms with Crippen LogP contribution in [0.5, 0.6) is 0 Å². The number of carbonyl (C=O) groups excluding carboxylic acids is 2. The Labute approximate surface area is 145 Å². The Morgan fingerprint density at radius 1 is 1.17 bits per heavy atom. The Bertz CT molecular complexity index is 555. The minimum atomic E-state index is -0.475. The van der Waals surface area contributed by atoms with Gasteiger partial charge in [0.05, 0.1) is 0 Å². The molecule has 2 amide bonds. The number of rotatable bonds is 4. The summed E-state index contributed by atoms with van der Waals surface area (Å²) in [6.07, 6.45) is 3.14. The fourth-order valence-electron chi connectivity index (χ4n) is 3.05. The van der Waals surface area contributed by atoms with Crippen LogP contribution in [0.4, 0.5) is 0 Å². The molecule has 1 atom stereocenters. The average molecular weight is 330 g/mol. The maximum Gasteiger partial charge on any atom is 0.244 e. The van der Waals surface area contributed by atoms with E-state index in [9.17, 15) is 9.59 Å². The third kappa shape index (κ3) is 5.08. The van der Waals surface area contributed by atoms with E-state index in [1.54, 1.807) is 6.92 Å². The summed E-state index contributed by atoms with van der Waals surface area (Å²) in [6.45, 7) is 8.91. The van der Waals surface area contributed by atoms with Gasteiger partial charge < -0.3 is 10.2 Å². The summed E-state index contributed by atoms with van der Waals surface area (Å²) in [5.41, 5.74) is 0.894. The van der Waals surface area contributed by atoms with Crippen molar-refractivity contribution < 1.29 is 9.59 Å². The molecule has 132 valence electrons. The molecule has 0 radical (unpaired) electrons. The Hall–Kier alpha value is -1.84. The van der Waals surface area contributed by atoms with Crippen molar-refractivity contribution in [2.75, 3.05) is 13.1 Å². The molecule has 1 aliphatic rings. The Morgan fingerprint density at radius 3 is 2.29 bits per heavy atom. The lowest BCUT2D eigenvalue weighted by Gasteiger charge is -2.34. The lowest BCUT2D eigenvalue weighted by atomic mass is 9.90. The second kappa shape index (κ2) is 7.82. The molecule has 1 N–H and O–H groups in total. The van der Waals surface area contributed by atoms with Gasteiger partial charge in [-0.3, -0.25) is 9.59 Å². The van der Waals surface area contributed by atoms with Crippen LogP contribution in [0.3, 0.4) is 0 Å². The number of hydrogen-bond acceptors (Lipinski definition) is 2. The van der Waals surface area contributed by atoms with Gasteiger partial charge in [-0.2, -0.15) is 0 Å². The van der Waals surface area contributed by atoms with Gasteiger partial charge in [0.1, 0.15) is 6.04 Å². The second-order valence-corrected chi connectivity index (χ2v) is 7.90. The molecule has 4 nitrogen and oxygen atoms in total. The third-order valence-corrected chi connectivity index (χ3v) is 4.69. The first kappa shape index (κ1) is 18.5. The largest absolute Gasteiger partial charge is 0.344 e. The first-order chi connectivity index (χ1) is 11.3. The summed E-state index contributed by atoms with van der Waals surface area (Å²) in [4.78, 5) is 26.5. The Kier molecular flexibility index (Phi) is 6.03. The maximum absolute atomic E-state index is 12.5. The smallest absolute Gasteiger partial charge is 0.244 e. The summed E-state index contributed by atoms with van der Waals surface area (Å²) in [7, 11) is 0. The van der Waals surface area contributed by atoms with Crippen molar-refractivity contribution >= 4 is 11.8 Å². The number of hydrogen-bond donors (Lipinski definition) is 1. The molecule has 0 bridgehead atoms. The summed E-state index contributed by atoms with van der Waals surface area (Å²) in [5, 5.41) is 2.84. The van der Waals surface area contributed by atoms with E-state index in [2.05, 4.69) is 29.6 Å². The Balaban J connectivity index is 1.81. The molecule has 2 rings (SSSR count). The van der Waals surface area contributed by atoms with Crippen LogP contribution in [0.25, 0.3) is 0 Å². The molecule has 1 fully saturated rings.